The van der Waals surface area contributed by atoms with Crippen molar-refractivity contribution >= 4 is 5.69 Å². The van der Waals surface area contributed by atoms with Crippen LogP contribution in [0.15, 0.2) is 48.5 Å². The summed E-state index contributed by atoms with van der Waals surface area (Å²) in [7, 11) is 0. The van der Waals surface area contributed by atoms with Crippen LogP contribution in [0.5, 0.6) is 0 Å². The van der Waals surface area contributed by atoms with E-state index < -0.39 is 11.7 Å². The summed E-state index contributed by atoms with van der Waals surface area (Å²) in [5, 5.41) is 3.11. The molecule has 0 aliphatic carbocycles. The van der Waals surface area contributed by atoms with Crippen LogP contribution in [-0.4, -0.2) is 0 Å². The number of hydrogen-bond donors (Lipinski definition) is 1. The maximum Gasteiger partial charge on any atom is 0.416 e. The van der Waals surface area contributed by atoms with E-state index in [0.717, 1.165) is 23.3 Å². The fourth-order valence-corrected chi connectivity index (χ4v) is 1.78. The van der Waals surface area contributed by atoms with Crippen LogP contribution in [0.3, 0.4) is 0 Å². The van der Waals surface area contributed by atoms with Crippen molar-refractivity contribution in [3.8, 4) is 0 Å². The zero-order chi connectivity index (χ0) is 13.9. The van der Waals surface area contributed by atoms with Crippen molar-refractivity contribution < 1.29 is 13.2 Å². The number of halogens is 3. The van der Waals surface area contributed by atoms with Crippen molar-refractivity contribution in [3.05, 3.63) is 65.2 Å². The number of hydrogen-bond acceptors (Lipinski definition) is 1. The quantitative estimate of drug-likeness (QED) is 0.853. The molecule has 0 amide bonds. The molecule has 0 unspecified atom stereocenters. The third-order valence-electron chi connectivity index (χ3n) is 2.96. The minimum absolute atomic E-state index is 0.595. The van der Waals surface area contributed by atoms with E-state index in [1.165, 1.54) is 12.1 Å². The summed E-state index contributed by atoms with van der Waals surface area (Å²) < 4.78 is 37.2. The Bertz CT molecular complexity index is 544. The van der Waals surface area contributed by atoms with Crippen molar-refractivity contribution in [1.29, 1.82) is 0 Å². The molecule has 2 aromatic carbocycles. The van der Waals surface area contributed by atoms with E-state index in [-0.39, 0.29) is 0 Å². The second kappa shape index (κ2) is 5.34. The first-order valence-electron chi connectivity index (χ1n) is 5.92. The van der Waals surface area contributed by atoms with Gasteiger partial charge in [-0.3, -0.25) is 0 Å². The Hall–Kier alpha value is -1.97. The number of benzene rings is 2. The Labute approximate surface area is 110 Å². The Balaban J connectivity index is 2.03. The van der Waals surface area contributed by atoms with E-state index in [9.17, 15) is 13.2 Å². The molecule has 0 atom stereocenters. The van der Waals surface area contributed by atoms with E-state index in [4.69, 9.17) is 0 Å². The van der Waals surface area contributed by atoms with Gasteiger partial charge in [0.05, 0.1) is 5.56 Å². The van der Waals surface area contributed by atoms with Gasteiger partial charge in [0.2, 0.25) is 0 Å². The van der Waals surface area contributed by atoms with E-state index in [0.29, 0.717) is 12.2 Å². The topological polar surface area (TPSA) is 12.0 Å². The van der Waals surface area contributed by atoms with Crippen LogP contribution in [-0.2, 0) is 12.7 Å². The van der Waals surface area contributed by atoms with E-state index in [2.05, 4.69) is 5.32 Å². The molecular weight excluding hydrogens is 251 g/mol. The van der Waals surface area contributed by atoms with Gasteiger partial charge in [-0.1, -0.05) is 24.3 Å². The van der Waals surface area contributed by atoms with Crippen LogP contribution in [0.25, 0.3) is 0 Å². The zero-order valence-electron chi connectivity index (χ0n) is 10.5. The highest BCUT2D eigenvalue weighted by Crippen LogP contribution is 2.29. The third kappa shape index (κ3) is 3.50. The molecule has 0 bridgehead atoms. The van der Waals surface area contributed by atoms with Crippen molar-refractivity contribution in [1.82, 2.24) is 0 Å². The molecule has 0 saturated heterocycles. The number of anilines is 1. The van der Waals surface area contributed by atoms with Crippen LogP contribution in [0.2, 0.25) is 0 Å². The highest BCUT2D eigenvalue weighted by atomic mass is 19.4. The largest absolute Gasteiger partial charge is 0.416 e. The maximum absolute atomic E-state index is 12.4. The summed E-state index contributed by atoms with van der Waals surface area (Å²) in [5.41, 5.74) is 2.33. The van der Waals surface area contributed by atoms with Gasteiger partial charge in [0.15, 0.2) is 0 Å². The van der Waals surface area contributed by atoms with Crippen LogP contribution >= 0.6 is 0 Å². The number of nitrogens with one attached hydrogen (secondary N) is 1. The Morgan fingerprint density at radius 3 is 2.16 bits per heavy atom. The number of alkyl halides is 3. The van der Waals surface area contributed by atoms with Gasteiger partial charge in [-0.25, -0.2) is 0 Å². The van der Waals surface area contributed by atoms with E-state index >= 15 is 0 Å². The molecule has 2 rings (SSSR count). The normalized spacial score (nSPS) is 11.4. The predicted octanol–water partition coefficient (Wildman–Crippen LogP) is 4.63. The lowest BCUT2D eigenvalue weighted by Gasteiger charge is -2.10. The molecule has 0 aliphatic rings. The molecule has 4 heteroatoms. The number of aryl methyl sites for hydroxylation is 1. The van der Waals surface area contributed by atoms with Crippen LogP contribution in [0, 0.1) is 6.92 Å². The van der Waals surface area contributed by atoms with Gasteiger partial charge in [0.1, 0.15) is 0 Å². The minimum Gasteiger partial charge on any atom is -0.381 e. The zero-order valence-corrected chi connectivity index (χ0v) is 10.5. The average molecular weight is 265 g/mol. The van der Waals surface area contributed by atoms with Gasteiger partial charge in [-0.05, 0) is 42.3 Å². The molecule has 0 radical (unpaired) electrons. The summed E-state index contributed by atoms with van der Waals surface area (Å²) in [5.74, 6) is 0. The van der Waals surface area contributed by atoms with Gasteiger partial charge in [0, 0.05) is 12.2 Å². The Morgan fingerprint density at radius 2 is 1.58 bits per heavy atom. The molecule has 0 aromatic heterocycles. The summed E-state index contributed by atoms with van der Waals surface area (Å²) in [6.45, 7) is 2.60. The molecule has 0 spiro atoms. The van der Waals surface area contributed by atoms with Gasteiger partial charge in [-0.2, -0.15) is 13.2 Å². The molecule has 0 aliphatic heterocycles. The average Bonchev–Trinajstić information content (AvgIpc) is 2.37. The lowest BCUT2D eigenvalue weighted by Crippen LogP contribution is -2.05. The molecule has 0 saturated carbocycles. The third-order valence-corrected chi connectivity index (χ3v) is 2.96. The van der Waals surface area contributed by atoms with Crippen molar-refractivity contribution in [3.63, 3.8) is 0 Å². The molecule has 1 N–H and O–H groups in total. The first kappa shape index (κ1) is 13.5. The molecule has 2 aromatic rings. The second-order valence-electron chi connectivity index (χ2n) is 4.36. The second-order valence-corrected chi connectivity index (χ2v) is 4.36. The summed E-state index contributed by atoms with van der Waals surface area (Å²) in [6, 6.07) is 13.0. The molecule has 100 valence electrons. The highest BCUT2D eigenvalue weighted by Gasteiger charge is 2.29. The molecule has 0 fully saturated rings. The van der Waals surface area contributed by atoms with Crippen molar-refractivity contribution in [2.45, 2.75) is 19.6 Å². The van der Waals surface area contributed by atoms with Gasteiger partial charge < -0.3 is 5.32 Å². The molecular formula is C15H14F3N. The summed E-state index contributed by atoms with van der Waals surface area (Å²) >= 11 is 0. The lowest BCUT2D eigenvalue weighted by atomic mass is 10.1. The maximum atomic E-state index is 12.4. The summed E-state index contributed by atoms with van der Waals surface area (Å²) in [4.78, 5) is 0. The molecule has 1 nitrogen and oxygen atoms in total. The fourth-order valence-electron chi connectivity index (χ4n) is 1.78. The Kier molecular flexibility index (Phi) is 3.79. The Morgan fingerprint density at radius 1 is 0.947 bits per heavy atom. The van der Waals surface area contributed by atoms with Crippen molar-refractivity contribution in [2.75, 3.05) is 5.32 Å². The smallest absolute Gasteiger partial charge is 0.381 e. The van der Waals surface area contributed by atoms with Crippen LogP contribution in [0.4, 0.5) is 18.9 Å². The van der Waals surface area contributed by atoms with Crippen molar-refractivity contribution in [2.24, 2.45) is 0 Å². The van der Waals surface area contributed by atoms with Crippen LogP contribution < -0.4 is 5.32 Å². The van der Waals surface area contributed by atoms with Gasteiger partial charge in [-0.15, -0.1) is 0 Å². The SMILES string of the molecule is Cc1ccccc1CNc1ccc(C(F)(F)F)cc1. The standard InChI is InChI=1S/C15H14F3N/c1-11-4-2-3-5-12(11)10-19-14-8-6-13(7-9-14)15(16,17)18/h2-9,19H,10H2,1H3. The van der Waals surface area contributed by atoms with Gasteiger partial charge in [0.25, 0.3) is 0 Å². The summed E-state index contributed by atoms with van der Waals surface area (Å²) in [6.07, 6.45) is -4.28. The van der Waals surface area contributed by atoms with E-state index in [1.54, 1.807) is 0 Å². The fraction of sp³-hybridized carbons (Fsp3) is 0.200. The lowest BCUT2D eigenvalue weighted by molar-refractivity contribution is -0.137. The van der Waals surface area contributed by atoms with Crippen LogP contribution in [0.1, 0.15) is 16.7 Å². The minimum atomic E-state index is -4.28. The molecule has 19 heavy (non-hydrogen) atoms. The first-order valence-corrected chi connectivity index (χ1v) is 5.92. The monoisotopic (exact) mass is 265 g/mol. The first-order chi connectivity index (χ1) is 8.97. The van der Waals surface area contributed by atoms with E-state index in [1.807, 2.05) is 31.2 Å². The molecule has 0 heterocycles. The number of rotatable bonds is 3. The predicted molar refractivity (Wildman–Crippen MR) is 69.9 cm³/mol. The van der Waals surface area contributed by atoms with Gasteiger partial charge >= 0.3 is 6.18 Å². The highest BCUT2D eigenvalue weighted by molar-refractivity contribution is 5.46.